The number of hydrogen-bond donors (Lipinski definition) is 0. The molecule has 360 valence electrons. The molecular formula is C67H73BN2S. The summed E-state index contributed by atoms with van der Waals surface area (Å²) in [7, 11) is 0. The second-order valence-corrected chi connectivity index (χ2v) is 27.4. The van der Waals surface area contributed by atoms with E-state index in [0.29, 0.717) is 0 Å². The molecule has 2 nitrogen and oxygen atoms in total. The second kappa shape index (κ2) is 16.3. The van der Waals surface area contributed by atoms with Crippen molar-refractivity contribution in [2.24, 2.45) is 0 Å². The Morgan fingerprint density at radius 1 is 0.423 bits per heavy atom. The minimum atomic E-state index is -0.0235. The van der Waals surface area contributed by atoms with E-state index in [1.165, 1.54) is 134 Å². The van der Waals surface area contributed by atoms with Crippen LogP contribution in [-0.4, -0.2) is 6.71 Å². The maximum absolute atomic E-state index is 2.67. The van der Waals surface area contributed by atoms with E-state index in [2.05, 4.69) is 247 Å². The van der Waals surface area contributed by atoms with Crippen molar-refractivity contribution in [1.82, 2.24) is 0 Å². The normalized spacial score (nSPS) is 14.7. The molecule has 0 N–H and O–H groups in total. The number of hydrogen-bond acceptors (Lipinski definition) is 3. The van der Waals surface area contributed by atoms with Gasteiger partial charge in [0.1, 0.15) is 0 Å². The number of benzene rings is 7. The van der Waals surface area contributed by atoms with E-state index < -0.39 is 0 Å². The zero-order chi connectivity index (χ0) is 50.3. The largest absolute Gasteiger partial charge is 0.311 e. The Balaban J connectivity index is 1.23. The van der Waals surface area contributed by atoms with Crippen LogP contribution in [0.15, 0.2) is 133 Å². The topological polar surface area (TPSA) is 6.48 Å². The smallest absolute Gasteiger partial charge is 0.264 e. The summed E-state index contributed by atoms with van der Waals surface area (Å²) >= 11 is 1.99. The molecule has 0 saturated carbocycles. The fraction of sp³-hybridized carbons (Fsp3) is 0.343. The van der Waals surface area contributed by atoms with Crippen molar-refractivity contribution in [3.63, 3.8) is 0 Å². The van der Waals surface area contributed by atoms with Crippen molar-refractivity contribution < 1.29 is 0 Å². The van der Waals surface area contributed by atoms with Crippen LogP contribution in [0.3, 0.4) is 0 Å². The van der Waals surface area contributed by atoms with E-state index in [9.17, 15) is 0 Å². The summed E-state index contributed by atoms with van der Waals surface area (Å²) in [6.07, 6.45) is 3.55. The van der Waals surface area contributed by atoms with Gasteiger partial charge in [0, 0.05) is 43.2 Å². The van der Waals surface area contributed by atoms with E-state index in [0.717, 1.165) is 6.42 Å². The van der Waals surface area contributed by atoms with Crippen LogP contribution < -0.4 is 25.5 Å². The highest BCUT2D eigenvalue weighted by Crippen LogP contribution is 2.51. The summed E-state index contributed by atoms with van der Waals surface area (Å²) in [5, 5.41) is 1.33. The van der Waals surface area contributed by atoms with Gasteiger partial charge in [-0.25, -0.2) is 0 Å². The van der Waals surface area contributed by atoms with Crippen molar-refractivity contribution in [2.75, 3.05) is 9.80 Å². The first-order valence-corrected chi connectivity index (χ1v) is 27.1. The van der Waals surface area contributed by atoms with E-state index in [4.69, 9.17) is 0 Å². The first-order chi connectivity index (χ1) is 33.3. The second-order valence-electron chi connectivity index (χ2n) is 26.3. The highest BCUT2D eigenvalue weighted by molar-refractivity contribution is 7.33. The van der Waals surface area contributed by atoms with Gasteiger partial charge in [0.15, 0.2) is 0 Å². The van der Waals surface area contributed by atoms with E-state index in [1.807, 2.05) is 11.3 Å². The van der Waals surface area contributed by atoms with Crippen molar-refractivity contribution in [1.29, 1.82) is 0 Å². The molecule has 0 fully saturated rings. The molecule has 0 unspecified atom stereocenters. The average molecular weight is 949 g/mol. The molecule has 1 aliphatic carbocycles. The fourth-order valence-corrected chi connectivity index (χ4v) is 12.8. The lowest BCUT2D eigenvalue weighted by Gasteiger charge is -2.43. The monoisotopic (exact) mass is 949 g/mol. The van der Waals surface area contributed by atoms with Gasteiger partial charge < -0.3 is 9.80 Å². The van der Waals surface area contributed by atoms with Crippen LogP contribution in [0.5, 0.6) is 0 Å². The van der Waals surface area contributed by atoms with Crippen molar-refractivity contribution in [3.8, 4) is 22.3 Å². The minimum Gasteiger partial charge on any atom is -0.311 e. The zero-order valence-electron chi connectivity index (χ0n) is 45.2. The number of anilines is 6. The minimum absolute atomic E-state index is 0.00335. The average Bonchev–Trinajstić information content (AvgIpc) is 3.94. The molecule has 8 aromatic rings. The lowest BCUT2D eigenvalue weighted by atomic mass is 9.36. The predicted octanol–water partition coefficient (Wildman–Crippen LogP) is 17.3. The van der Waals surface area contributed by atoms with Crippen LogP contribution in [0.1, 0.15) is 149 Å². The van der Waals surface area contributed by atoms with Gasteiger partial charge in [0.2, 0.25) is 0 Å². The number of fused-ring (bicyclic) bond motifs is 7. The lowest BCUT2D eigenvalue weighted by Crippen LogP contribution is -2.60. The Labute approximate surface area is 430 Å². The molecule has 4 heteroatoms. The van der Waals surface area contributed by atoms with Crippen molar-refractivity contribution in [2.45, 2.75) is 150 Å². The van der Waals surface area contributed by atoms with Gasteiger partial charge in [-0.15, -0.1) is 11.3 Å². The first kappa shape index (κ1) is 47.5. The molecular weight excluding hydrogens is 876 g/mol. The molecule has 0 atom stereocenters. The van der Waals surface area contributed by atoms with Crippen LogP contribution in [-0.2, 0) is 39.9 Å². The van der Waals surface area contributed by atoms with Gasteiger partial charge in [-0.3, -0.25) is 0 Å². The summed E-state index contributed by atoms with van der Waals surface area (Å²) in [5.74, 6) is 0. The molecule has 1 aromatic heterocycles. The molecule has 0 radical (unpaired) electrons. The van der Waals surface area contributed by atoms with Crippen LogP contribution in [0.4, 0.5) is 34.1 Å². The summed E-state index contributed by atoms with van der Waals surface area (Å²) in [6, 6.07) is 53.4. The molecule has 0 spiro atoms. The molecule has 71 heavy (non-hydrogen) atoms. The summed E-state index contributed by atoms with van der Waals surface area (Å²) in [5.41, 5.74) is 25.1. The fourth-order valence-electron chi connectivity index (χ4n) is 11.5. The van der Waals surface area contributed by atoms with Gasteiger partial charge >= 0.3 is 0 Å². The molecule has 3 aliphatic rings. The molecule has 0 saturated heterocycles. The maximum atomic E-state index is 2.67. The Hall–Kier alpha value is -5.84. The predicted molar refractivity (Wildman–Crippen MR) is 312 cm³/mol. The van der Waals surface area contributed by atoms with Crippen molar-refractivity contribution >= 4 is 78.0 Å². The highest BCUT2D eigenvalue weighted by Gasteiger charge is 2.46. The standard InChI is InChI=1S/C67H73BN2S/c1-63(2,3)46-25-29-51(30-26-46)69-56-20-17-21-57-60(56)68(62-61(69)53-40-48(65(7,8)9)28-33-59(53)71-62)54-31-24-43(45-35-49(66(10,11)12)38-50(36-45)67(13,14)15)37-58(54)70(57)55-32-27-47(64(4,5)6)39-52(55)44-23-22-41-18-16-19-42(41)34-44/h17,20-40H,16,18-19H2,1-15H3. The first-order valence-electron chi connectivity index (χ1n) is 26.3. The highest BCUT2D eigenvalue weighted by atomic mass is 32.1. The molecule has 0 bridgehead atoms. The van der Waals surface area contributed by atoms with Crippen LogP contribution >= 0.6 is 11.3 Å². The van der Waals surface area contributed by atoms with Crippen LogP contribution in [0.25, 0.3) is 32.3 Å². The third-order valence-electron chi connectivity index (χ3n) is 16.0. The van der Waals surface area contributed by atoms with E-state index >= 15 is 0 Å². The number of rotatable bonds is 4. The van der Waals surface area contributed by atoms with Crippen LogP contribution in [0.2, 0.25) is 0 Å². The third kappa shape index (κ3) is 8.17. The summed E-state index contributed by atoms with van der Waals surface area (Å²) < 4.78 is 2.74. The maximum Gasteiger partial charge on any atom is 0.264 e. The van der Waals surface area contributed by atoms with Gasteiger partial charge in [0.05, 0.1) is 11.4 Å². The third-order valence-corrected chi connectivity index (χ3v) is 17.2. The zero-order valence-corrected chi connectivity index (χ0v) is 46.0. The molecule has 3 heterocycles. The number of aryl methyl sites for hydroxylation is 2. The Bertz CT molecular complexity index is 3390. The van der Waals surface area contributed by atoms with E-state index in [1.54, 1.807) is 0 Å². The number of nitrogens with zero attached hydrogens (tertiary/aromatic N) is 2. The Kier molecular flexibility index (Phi) is 10.9. The van der Waals surface area contributed by atoms with Gasteiger partial charge in [0.25, 0.3) is 6.71 Å². The molecule has 11 rings (SSSR count). The molecule has 2 aliphatic heterocycles. The molecule has 0 amide bonds. The summed E-state index contributed by atoms with van der Waals surface area (Å²) in [4.78, 5) is 5.29. The van der Waals surface area contributed by atoms with Crippen molar-refractivity contribution in [3.05, 3.63) is 172 Å². The van der Waals surface area contributed by atoms with Gasteiger partial charge in [-0.1, -0.05) is 183 Å². The quantitative estimate of drug-likeness (QED) is 0.162. The number of thiophene rings is 1. The van der Waals surface area contributed by atoms with Gasteiger partial charge in [-0.2, -0.15) is 0 Å². The molecule has 7 aromatic carbocycles. The van der Waals surface area contributed by atoms with Gasteiger partial charge in [-0.05, 0) is 167 Å². The summed E-state index contributed by atoms with van der Waals surface area (Å²) in [6.45, 7) is 35.1. The Morgan fingerprint density at radius 3 is 1.65 bits per heavy atom. The van der Waals surface area contributed by atoms with Crippen LogP contribution in [0, 0.1) is 0 Å². The lowest BCUT2D eigenvalue weighted by molar-refractivity contribution is 0.569. The Morgan fingerprint density at radius 2 is 1.00 bits per heavy atom. The van der Waals surface area contributed by atoms with E-state index in [-0.39, 0.29) is 33.8 Å². The SMILES string of the molecule is CC(C)(C)c1ccc(N2c3cccc4c3B(c3ccc(-c5cc(C(C)(C)C)cc(C(C)(C)C)c5)cc3N4c3ccc(C(C)(C)C)cc3-c3ccc4c(c3)CCC4)c3sc4ccc(C(C)(C)C)cc4c32)cc1.